The maximum atomic E-state index is 15.3. The maximum Gasteiger partial charge on any atom is 0.245 e. The van der Waals surface area contributed by atoms with Crippen molar-refractivity contribution in [3.63, 3.8) is 0 Å². The molecule has 0 spiro atoms. The molecule has 2 fully saturated rings. The molecule has 13 atom stereocenters. The Kier molecular flexibility index (Phi) is 28.5. The van der Waals surface area contributed by atoms with Gasteiger partial charge < -0.3 is 84.8 Å². The summed E-state index contributed by atoms with van der Waals surface area (Å²) in [5, 5.41) is 46.8. The van der Waals surface area contributed by atoms with Crippen LogP contribution in [0.1, 0.15) is 117 Å². The number of likely N-dealkylation sites (N-methyl/N-ethyl adjacent to an activating group) is 1. The Hall–Kier alpha value is -9.87. The van der Waals surface area contributed by atoms with Gasteiger partial charge >= 0.3 is 0 Å². The van der Waals surface area contributed by atoms with Crippen molar-refractivity contribution >= 4 is 85.7 Å². The normalized spacial score (nSPS) is 24.4. The number of aromatic nitrogens is 3. The second kappa shape index (κ2) is 38.4. The molecule has 18 N–H and O–H groups in total. The minimum atomic E-state index is -1.66. The molecular formula is C78H102N16O11S. The summed E-state index contributed by atoms with van der Waals surface area (Å²) < 4.78 is 14.3. The molecule has 5 heterocycles. The van der Waals surface area contributed by atoms with Gasteiger partial charge in [0, 0.05) is 126 Å². The summed E-state index contributed by atoms with van der Waals surface area (Å²) in [5.74, 6) is -5.06. The van der Waals surface area contributed by atoms with E-state index in [1.165, 1.54) is 48.0 Å². The van der Waals surface area contributed by atoms with Crippen LogP contribution in [-0.2, 0) is 81.3 Å². The van der Waals surface area contributed by atoms with Crippen LogP contribution >= 0.6 is 0 Å². The first-order valence-electron chi connectivity index (χ1n) is 36.9. The summed E-state index contributed by atoms with van der Waals surface area (Å²) in [5.41, 5.74) is 24.3. The van der Waals surface area contributed by atoms with Crippen molar-refractivity contribution in [3.8, 4) is 5.75 Å². The summed E-state index contributed by atoms with van der Waals surface area (Å²) in [6.45, 7) is 2.56. The van der Waals surface area contributed by atoms with E-state index in [1.54, 1.807) is 60.8 Å². The molecule has 0 unspecified atom stereocenters. The highest BCUT2D eigenvalue weighted by Crippen LogP contribution is 2.44. The Balaban J connectivity index is 0.966. The molecule has 0 saturated carbocycles. The number of guanidine groups is 1. The Morgan fingerprint density at radius 3 is 1.93 bits per heavy atom. The van der Waals surface area contributed by atoms with Crippen molar-refractivity contribution in [2.75, 3.05) is 44.7 Å². The number of likely N-dealkylation sites (tertiary alicyclic amines) is 1. The summed E-state index contributed by atoms with van der Waals surface area (Å²) in [6.07, 6.45) is 8.88. The first-order chi connectivity index (χ1) is 51.2. The van der Waals surface area contributed by atoms with Crippen LogP contribution in [0.3, 0.4) is 0 Å². The average molecular weight is 1470 g/mol. The van der Waals surface area contributed by atoms with E-state index in [1.807, 2.05) is 24.3 Å². The van der Waals surface area contributed by atoms with Gasteiger partial charge in [-0.3, -0.25) is 52.5 Å². The number of benzene rings is 4. The Bertz CT molecular complexity index is 4190. The highest BCUT2D eigenvalue weighted by Gasteiger charge is 2.41. The molecule has 106 heavy (non-hydrogen) atoms. The second-order valence-corrected chi connectivity index (χ2v) is 30.0. The number of aromatic hydroxyl groups is 1. The third-order valence-corrected chi connectivity index (χ3v) is 22.0. The van der Waals surface area contributed by atoms with E-state index in [2.05, 4.69) is 98.8 Å². The fourth-order valence-electron chi connectivity index (χ4n) is 14.9. The van der Waals surface area contributed by atoms with E-state index in [0.29, 0.717) is 66.2 Å². The van der Waals surface area contributed by atoms with Crippen molar-refractivity contribution in [1.82, 2.24) is 62.4 Å². The molecule has 28 heteroatoms. The predicted molar refractivity (Wildman–Crippen MR) is 407 cm³/mol. The van der Waals surface area contributed by atoms with Crippen molar-refractivity contribution in [1.29, 1.82) is 0 Å². The van der Waals surface area contributed by atoms with Gasteiger partial charge in [-0.25, -0.2) is 0 Å². The van der Waals surface area contributed by atoms with Crippen molar-refractivity contribution < 1.29 is 52.8 Å². The van der Waals surface area contributed by atoms with Crippen LogP contribution in [0.4, 0.5) is 0 Å². The fraction of sp³-hybridized carbons (Fsp3) is 0.462. The predicted octanol–water partition coefficient (Wildman–Crippen LogP) is 2.88. The lowest BCUT2D eigenvalue weighted by molar-refractivity contribution is -0.136. The first-order valence-corrected chi connectivity index (χ1v) is 38.4. The van der Waals surface area contributed by atoms with Gasteiger partial charge in [-0.15, -0.1) is 0 Å². The number of carbonyl (C=O) groups excluding carboxylic acids is 8. The lowest BCUT2D eigenvalue weighted by Gasteiger charge is -2.45. The number of H-pyrrole nitrogens is 2. The minimum absolute atomic E-state index is 0.000201. The first kappa shape index (κ1) is 78.7. The molecule has 0 bridgehead atoms. The Labute approximate surface area is 619 Å². The number of nitrogens with zero attached hydrogens (tertiary/aromatic N) is 3. The number of amides is 7. The van der Waals surface area contributed by atoms with Crippen LogP contribution in [0.5, 0.6) is 5.75 Å². The number of nitrogens with two attached hydrogens (primary N) is 3. The molecule has 27 nitrogen and oxygen atoms in total. The number of pyridine rings is 1. The molecule has 566 valence electrons. The third-order valence-electron chi connectivity index (χ3n) is 20.5. The van der Waals surface area contributed by atoms with Crippen molar-refractivity contribution in [2.24, 2.45) is 28.1 Å². The number of para-hydroxylation sites is 1. The van der Waals surface area contributed by atoms with E-state index in [-0.39, 0.29) is 113 Å². The van der Waals surface area contributed by atoms with E-state index in [4.69, 9.17) is 17.2 Å². The van der Waals surface area contributed by atoms with E-state index < -0.39 is 107 Å². The van der Waals surface area contributed by atoms with Gasteiger partial charge in [-0.2, -0.15) is 0 Å². The number of rotatable bonds is 23. The molecular weight excluding hydrogens is 1370 g/mol. The zero-order chi connectivity index (χ0) is 75.2. The molecule has 1 aliphatic carbocycles. The molecule has 4 aromatic carbocycles. The number of fused-ring (bicyclic) bond motifs is 3. The SMILES string of the molecule is C[C@@H](O)[C@@H]1NC(=O)[C@H](CCCCN)NC(=O)[C@@H](Cc2c[nH]c3ccccc23)NC(=O)[C@H](Cc2ccncc2)NC(=O)[C@H](Cc2ccccc2)NC(=O)[C@H](CCCN=C(N)N)NC(=O)[C@H](NCC[S@](=O)C[C@@H]2C[C@@H]3c4cccc5[nH]cc(c45)C[C@H]3N(C)C2)CCCCCC(=O)[C@H](Cc2ccc(O)cc2)NC1=O. The number of aromatic amines is 2. The van der Waals surface area contributed by atoms with Crippen LogP contribution in [-0.4, -0.2) is 193 Å². The molecule has 7 aromatic rings. The van der Waals surface area contributed by atoms with Gasteiger partial charge in [0.25, 0.3) is 0 Å². The van der Waals surface area contributed by atoms with Gasteiger partial charge in [0.05, 0.1) is 18.2 Å². The molecule has 7 amide bonds. The molecule has 0 radical (unpaired) electrons. The summed E-state index contributed by atoms with van der Waals surface area (Å²) in [4.78, 5) is 137. The van der Waals surface area contributed by atoms with Crippen LogP contribution < -0.4 is 59.7 Å². The number of hydrogen-bond acceptors (Lipinski definition) is 16. The number of aliphatic hydroxyl groups excluding tert-OH is 1. The van der Waals surface area contributed by atoms with Crippen molar-refractivity contribution in [2.45, 2.75) is 176 Å². The minimum Gasteiger partial charge on any atom is -0.508 e. The quantitative estimate of drug-likeness (QED) is 0.0249. The lowest BCUT2D eigenvalue weighted by atomic mass is 9.73. The van der Waals surface area contributed by atoms with Crippen LogP contribution in [0.2, 0.25) is 0 Å². The monoisotopic (exact) mass is 1470 g/mol. The largest absolute Gasteiger partial charge is 0.508 e. The number of aliphatic imine (C=N–C) groups is 1. The van der Waals surface area contributed by atoms with Gasteiger partial charge in [-0.1, -0.05) is 85.6 Å². The maximum absolute atomic E-state index is 15.3. The van der Waals surface area contributed by atoms with Crippen LogP contribution in [0, 0.1) is 5.92 Å². The number of ketones is 1. The summed E-state index contributed by atoms with van der Waals surface area (Å²) >= 11 is 0. The van der Waals surface area contributed by atoms with E-state index in [0.717, 1.165) is 35.8 Å². The smallest absolute Gasteiger partial charge is 0.245 e. The zero-order valence-corrected chi connectivity index (χ0v) is 61.1. The number of carbonyl (C=O) groups is 8. The zero-order valence-electron chi connectivity index (χ0n) is 60.2. The molecule has 10 rings (SSSR count). The van der Waals surface area contributed by atoms with Gasteiger partial charge in [0.1, 0.15) is 42.0 Å². The Morgan fingerprint density at radius 1 is 0.642 bits per heavy atom. The fourth-order valence-corrected chi connectivity index (χ4v) is 16.2. The van der Waals surface area contributed by atoms with Gasteiger partial charge in [0.15, 0.2) is 11.7 Å². The van der Waals surface area contributed by atoms with Gasteiger partial charge in [0.2, 0.25) is 41.4 Å². The summed E-state index contributed by atoms with van der Waals surface area (Å²) in [7, 11) is 0.822. The number of piperidine rings is 1. The van der Waals surface area contributed by atoms with E-state index >= 15 is 24.0 Å². The topological polar surface area (TPSA) is 428 Å². The number of hydrogen-bond donors (Lipinski definition) is 15. The summed E-state index contributed by atoms with van der Waals surface area (Å²) in [6, 6.07) is 21.6. The standard InChI is InChI=1S/C78H102N16O11S/c1-47(95)70-77(104)89-63(38-49-25-27-54(96)28-26-49)68(97)24-8-4-7-20-60(83-35-36-106(105)46-51-37-57-56-18-13-22-59-69(56)53(44-86-59)42-67(57)94(2)45-51)71(98)87-62(23-14-32-84-78(80)81)72(99)90-64(39-48-15-5-3-6-16-48)74(101)91-65(40-50-29-33-82-34-30-50)75(102)92-66(41-52-43-85-58-19-10-9-17-55(52)58)76(103)88-61(73(100)93-70)21-11-12-31-79/h3,5-6,9-10,13,15-19,22,25-30,33-34,43-44,47,51,57,60-67,70,83,85-86,95-96H,4,7-8,11-12,14,20-21,23-24,31-32,35-42,45-46,79H2,1-2H3,(H,87,98)(H,88,103)(H,89,104)(H,90,99)(H,91,101)(H,92,102)(H,93,100)(H4,80,81,84)/t47-,51-,57-,60-,61+,62+,63+,64+,65+,66-,67-,70+,106+/m1/s1. The number of phenols is 1. The molecule has 2 saturated heterocycles. The highest BCUT2D eigenvalue weighted by molar-refractivity contribution is 7.85. The highest BCUT2D eigenvalue weighted by atomic mass is 32.2. The number of phenolic OH excluding ortho intramolecular Hbond substituents is 1. The molecule has 3 aromatic heterocycles. The average Bonchev–Trinajstić information content (AvgIpc) is 1.51. The molecule has 2 aliphatic heterocycles. The number of aliphatic hydroxyl groups is 1. The van der Waals surface area contributed by atoms with Gasteiger partial charge in [-0.05, 0) is 160 Å². The third kappa shape index (κ3) is 21.9. The number of unbranched alkanes of at least 4 members (excludes halogenated alkanes) is 1. The van der Waals surface area contributed by atoms with Crippen LogP contribution in [0.15, 0.2) is 139 Å². The van der Waals surface area contributed by atoms with Crippen LogP contribution in [0.25, 0.3) is 21.8 Å². The number of Topliss-reactive ketones (excluding diaryl/α,β-unsaturated/α-hetero) is 1. The lowest BCUT2D eigenvalue weighted by Crippen LogP contribution is -2.61. The van der Waals surface area contributed by atoms with Crippen molar-refractivity contribution in [3.05, 3.63) is 167 Å². The molecule has 3 aliphatic rings. The Morgan fingerprint density at radius 2 is 1.24 bits per heavy atom. The van der Waals surface area contributed by atoms with E-state index in [9.17, 15) is 28.8 Å². The number of nitrogens with one attached hydrogen (secondary N) is 10. The second-order valence-electron chi connectivity index (χ2n) is 28.4.